The Balaban J connectivity index is 1.29. The predicted molar refractivity (Wildman–Crippen MR) is 161 cm³/mol. The third-order valence-electron chi connectivity index (χ3n) is 7.83. The van der Waals surface area contributed by atoms with Gasteiger partial charge in [-0.1, -0.05) is 23.2 Å². The molecule has 13 heteroatoms. The first-order valence-electron chi connectivity index (χ1n) is 14.2. The van der Waals surface area contributed by atoms with Crippen LogP contribution in [0.4, 0.5) is 23.1 Å². The quantitative estimate of drug-likeness (QED) is 0.268. The summed E-state index contributed by atoms with van der Waals surface area (Å²) < 4.78 is 34.2. The summed E-state index contributed by atoms with van der Waals surface area (Å²) in [5.74, 6) is 1.63. The summed E-state index contributed by atoms with van der Waals surface area (Å²) in [7, 11) is -1.50. The molecule has 1 aliphatic heterocycles. The Bertz CT molecular complexity index is 1550. The van der Waals surface area contributed by atoms with E-state index in [-0.39, 0.29) is 34.0 Å². The van der Waals surface area contributed by atoms with Gasteiger partial charge < -0.3 is 20.3 Å². The summed E-state index contributed by atoms with van der Waals surface area (Å²) in [4.78, 5) is 11.3. The number of likely N-dealkylation sites (tertiary alicyclic amines) is 1. The highest BCUT2D eigenvalue weighted by Gasteiger charge is 2.32. The molecule has 2 aliphatic carbocycles. The Morgan fingerprint density at radius 2 is 1.73 bits per heavy atom. The third-order valence-corrected chi connectivity index (χ3v) is 10.5. The number of nitrogens with zero attached hydrogens (tertiary/aromatic N) is 5. The maximum absolute atomic E-state index is 13.1. The number of ether oxygens (including phenoxy) is 1. The highest BCUT2D eigenvalue weighted by molar-refractivity contribution is 7.92. The molecule has 3 aromatic rings. The largest absolute Gasteiger partial charge is 0.488 e. The van der Waals surface area contributed by atoms with Gasteiger partial charge in [0.15, 0.2) is 5.82 Å². The number of halogens is 2. The number of piperidine rings is 1. The SMILES string of the molecule is CC(C)S(=O)(=O)c1nn(C2CC2)cc1Nc1nc(Nc2cc(Cl)c(C3CCN(C)CC3)cc2OC2CC2)ncc1Cl. The Kier molecular flexibility index (Phi) is 7.82. The molecule has 220 valence electrons. The number of anilines is 4. The number of hydrogen-bond acceptors (Lipinski definition) is 9. The van der Waals surface area contributed by atoms with Crippen LogP contribution in [-0.2, 0) is 9.84 Å². The number of rotatable bonds is 10. The molecular formula is C28H35Cl2N7O3S. The van der Waals surface area contributed by atoms with Crippen molar-refractivity contribution in [2.75, 3.05) is 30.8 Å². The highest BCUT2D eigenvalue weighted by Crippen LogP contribution is 2.42. The summed E-state index contributed by atoms with van der Waals surface area (Å²) in [6.45, 7) is 5.35. The second kappa shape index (κ2) is 11.2. The minimum Gasteiger partial charge on any atom is -0.488 e. The number of aromatic nitrogens is 4. The van der Waals surface area contributed by atoms with E-state index in [1.165, 1.54) is 6.20 Å². The third kappa shape index (κ3) is 6.28. The Morgan fingerprint density at radius 1 is 1.00 bits per heavy atom. The molecule has 1 aromatic carbocycles. The van der Waals surface area contributed by atoms with Crippen LogP contribution in [0.5, 0.6) is 5.75 Å². The zero-order valence-electron chi connectivity index (χ0n) is 23.4. The van der Waals surface area contributed by atoms with Crippen LogP contribution >= 0.6 is 23.2 Å². The Labute approximate surface area is 250 Å². The van der Waals surface area contributed by atoms with Gasteiger partial charge in [-0.05, 0) is 96.1 Å². The molecule has 1 saturated heterocycles. The second-order valence-corrected chi connectivity index (χ2v) is 14.8. The van der Waals surface area contributed by atoms with Gasteiger partial charge in [0, 0.05) is 5.02 Å². The molecule has 0 bridgehead atoms. The zero-order chi connectivity index (χ0) is 28.9. The lowest BCUT2D eigenvalue weighted by Crippen LogP contribution is -2.29. The first-order chi connectivity index (χ1) is 19.6. The minimum absolute atomic E-state index is 0.0139. The van der Waals surface area contributed by atoms with Gasteiger partial charge in [-0.2, -0.15) is 10.1 Å². The van der Waals surface area contributed by atoms with E-state index in [4.69, 9.17) is 27.9 Å². The van der Waals surface area contributed by atoms with Crippen molar-refractivity contribution in [3.8, 4) is 5.75 Å². The molecule has 3 fully saturated rings. The molecule has 3 aliphatic rings. The summed E-state index contributed by atoms with van der Waals surface area (Å²) >= 11 is 13.3. The van der Waals surface area contributed by atoms with Crippen molar-refractivity contribution in [2.45, 2.75) is 80.7 Å². The number of sulfone groups is 1. The van der Waals surface area contributed by atoms with Crippen molar-refractivity contribution >= 4 is 56.2 Å². The molecule has 0 amide bonds. The fourth-order valence-electron chi connectivity index (χ4n) is 4.95. The van der Waals surface area contributed by atoms with E-state index in [1.807, 2.05) is 6.07 Å². The molecule has 10 nitrogen and oxygen atoms in total. The van der Waals surface area contributed by atoms with Crippen LogP contribution < -0.4 is 15.4 Å². The molecule has 0 atom stereocenters. The molecule has 0 radical (unpaired) electrons. The van der Waals surface area contributed by atoms with Crippen molar-refractivity contribution in [1.82, 2.24) is 24.6 Å². The molecule has 2 saturated carbocycles. The van der Waals surface area contributed by atoms with Crippen LogP contribution in [0.3, 0.4) is 0 Å². The Morgan fingerprint density at radius 3 is 2.39 bits per heavy atom. The van der Waals surface area contributed by atoms with E-state index in [0.29, 0.717) is 22.3 Å². The first-order valence-corrected chi connectivity index (χ1v) is 16.5. The summed E-state index contributed by atoms with van der Waals surface area (Å²) in [6, 6.07) is 4.14. The molecule has 0 unspecified atom stereocenters. The van der Waals surface area contributed by atoms with Crippen LogP contribution in [0.1, 0.15) is 69.9 Å². The Hall–Kier alpha value is -2.60. The second-order valence-electron chi connectivity index (χ2n) is 11.6. The average Bonchev–Trinajstić information content (AvgIpc) is 3.87. The van der Waals surface area contributed by atoms with Crippen molar-refractivity contribution in [1.29, 1.82) is 0 Å². The molecule has 41 heavy (non-hydrogen) atoms. The molecule has 0 spiro atoms. The first kappa shape index (κ1) is 28.5. The van der Waals surface area contributed by atoms with E-state index in [1.54, 1.807) is 24.7 Å². The monoisotopic (exact) mass is 619 g/mol. The number of hydrogen-bond donors (Lipinski definition) is 2. The molecule has 6 rings (SSSR count). The maximum Gasteiger partial charge on any atom is 0.229 e. The average molecular weight is 621 g/mol. The lowest BCUT2D eigenvalue weighted by Gasteiger charge is -2.30. The van der Waals surface area contributed by atoms with Gasteiger partial charge in [-0.3, -0.25) is 4.68 Å². The molecular weight excluding hydrogens is 585 g/mol. The van der Waals surface area contributed by atoms with Gasteiger partial charge in [0.25, 0.3) is 0 Å². The lowest BCUT2D eigenvalue weighted by molar-refractivity contribution is 0.254. The van der Waals surface area contributed by atoms with Gasteiger partial charge in [-0.15, -0.1) is 0 Å². The molecule has 2 N–H and O–H groups in total. The topological polar surface area (TPSA) is 114 Å². The molecule has 3 heterocycles. The lowest BCUT2D eigenvalue weighted by atomic mass is 9.89. The van der Waals surface area contributed by atoms with Crippen molar-refractivity contribution in [2.24, 2.45) is 0 Å². The van der Waals surface area contributed by atoms with Crippen LogP contribution in [0.2, 0.25) is 10.0 Å². The van der Waals surface area contributed by atoms with E-state index >= 15 is 0 Å². The summed E-state index contributed by atoms with van der Waals surface area (Å²) in [5, 5.41) is 11.1. The summed E-state index contributed by atoms with van der Waals surface area (Å²) in [5.41, 5.74) is 2.10. The fourth-order valence-corrected chi connectivity index (χ4v) is 6.47. The van der Waals surface area contributed by atoms with Crippen LogP contribution in [0.25, 0.3) is 0 Å². The van der Waals surface area contributed by atoms with E-state index < -0.39 is 15.1 Å². The van der Waals surface area contributed by atoms with E-state index in [2.05, 4.69) is 43.7 Å². The van der Waals surface area contributed by atoms with Gasteiger partial charge in [-0.25, -0.2) is 13.4 Å². The fraction of sp³-hybridized carbons (Fsp3) is 0.536. The number of nitrogens with one attached hydrogen (secondary N) is 2. The smallest absolute Gasteiger partial charge is 0.229 e. The van der Waals surface area contributed by atoms with E-state index in [0.717, 1.165) is 62.9 Å². The van der Waals surface area contributed by atoms with Crippen molar-refractivity contribution < 1.29 is 13.2 Å². The van der Waals surface area contributed by atoms with Crippen LogP contribution in [-0.4, -0.2) is 64.6 Å². The van der Waals surface area contributed by atoms with Crippen molar-refractivity contribution in [3.05, 3.63) is 40.1 Å². The highest BCUT2D eigenvalue weighted by atomic mass is 35.5. The van der Waals surface area contributed by atoms with Gasteiger partial charge in [0.05, 0.1) is 41.2 Å². The standard InChI is InChI=1S/C28H35Cl2N7O3S/c1-16(2)41(38,39)27-24(15-37(35-27)18-4-5-18)32-26-22(30)14-31-28(34-26)33-23-13-21(29)20(12-25(23)40-19-6-7-19)17-8-10-36(3)11-9-17/h12-19H,4-11H2,1-3H3,(H2,31,32,33,34). The van der Waals surface area contributed by atoms with Gasteiger partial charge in [0.2, 0.25) is 20.8 Å². The number of benzene rings is 1. The molecule has 2 aromatic heterocycles. The summed E-state index contributed by atoms with van der Waals surface area (Å²) in [6.07, 6.45) is 9.44. The van der Waals surface area contributed by atoms with Gasteiger partial charge in [0.1, 0.15) is 10.8 Å². The predicted octanol–water partition coefficient (Wildman–Crippen LogP) is 6.33. The van der Waals surface area contributed by atoms with E-state index in [9.17, 15) is 8.42 Å². The normalized spacial score (nSPS) is 18.6. The maximum atomic E-state index is 13.1. The van der Waals surface area contributed by atoms with Gasteiger partial charge >= 0.3 is 0 Å². The van der Waals surface area contributed by atoms with Crippen molar-refractivity contribution in [3.63, 3.8) is 0 Å². The minimum atomic E-state index is -3.65. The van der Waals surface area contributed by atoms with Crippen LogP contribution in [0, 0.1) is 0 Å². The van der Waals surface area contributed by atoms with Crippen LogP contribution in [0.15, 0.2) is 29.6 Å². The zero-order valence-corrected chi connectivity index (χ0v) is 25.7.